The van der Waals surface area contributed by atoms with Crippen LogP contribution in [0.3, 0.4) is 0 Å². The van der Waals surface area contributed by atoms with Crippen molar-refractivity contribution >= 4 is 0 Å². The zero-order valence-electron chi connectivity index (χ0n) is 13.7. The van der Waals surface area contributed by atoms with Gasteiger partial charge in [0.25, 0.3) is 0 Å². The molecule has 124 valence electrons. The van der Waals surface area contributed by atoms with Gasteiger partial charge in [0, 0.05) is 11.1 Å². The number of hydrogen-bond acceptors (Lipinski definition) is 0. The largest absolute Gasteiger partial charge is 0.255 e. The maximum Gasteiger partial charge on any atom is 0.167 e. The molecule has 0 unspecified atom stereocenters. The van der Waals surface area contributed by atoms with Crippen molar-refractivity contribution < 1.29 is 13.2 Å². The van der Waals surface area contributed by atoms with E-state index < -0.39 is 11.6 Å². The summed E-state index contributed by atoms with van der Waals surface area (Å²) in [5.41, 5.74) is 3.11. The van der Waals surface area contributed by atoms with Crippen LogP contribution in [0.15, 0.2) is 66.7 Å². The molecule has 0 N–H and O–H groups in total. The number of alkyl halides is 1. The number of rotatable bonds is 3. The maximum absolute atomic E-state index is 14.4. The van der Waals surface area contributed by atoms with Crippen LogP contribution in [0.4, 0.5) is 13.2 Å². The molecule has 0 saturated heterocycles. The van der Waals surface area contributed by atoms with Crippen LogP contribution in [0.25, 0.3) is 22.3 Å². The quantitative estimate of drug-likeness (QED) is 0.518. The summed E-state index contributed by atoms with van der Waals surface area (Å²) in [4.78, 5) is 0. The van der Waals surface area contributed by atoms with E-state index >= 15 is 0 Å². The molecule has 3 rings (SSSR count). The molecule has 0 fully saturated rings. The van der Waals surface area contributed by atoms with Crippen molar-refractivity contribution in [3.63, 3.8) is 0 Å². The van der Waals surface area contributed by atoms with Gasteiger partial charge in [-0.15, -0.1) is 0 Å². The Bertz CT molecular complexity index is 778. The summed E-state index contributed by atoms with van der Waals surface area (Å²) in [7, 11) is 0.500. The summed E-state index contributed by atoms with van der Waals surface area (Å²) in [5, 5.41) is 0. The fourth-order valence-electron chi connectivity index (χ4n) is 2.53. The molecular weight excluding hydrogens is 309 g/mol. The molecule has 0 aliphatic heterocycles. The molecule has 0 aliphatic carbocycles. The van der Waals surface area contributed by atoms with Gasteiger partial charge in [0.05, 0.1) is 7.18 Å². The lowest BCUT2D eigenvalue weighted by molar-refractivity contribution is 0.514. The van der Waals surface area contributed by atoms with Gasteiger partial charge in [0.15, 0.2) is 11.6 Å². The van der Waals surface area contributed by atoms with Gasteiger partial charge >= 0.3 is 0 Å². The monoisotopic (exact) mass is 328 g/mol. The highest BCUT2D eigenvalue weighted by Gasteiger charge is 2.15. The van der Waals surface area contributed by atoms with Gasteiger partial charge in [0.2, 0.25) is 0 Å². The highest BCUT2D eigenvalue weighted by molar-refractivity contribution is 5.71. The van der Waals surface area contributed by atoms with E-state index in [2.05, 4.69) is 6.92 Å². The van der Waals surface area contributed by atoms with Crippen molar-refractivity contribution in [2.24, 2.45) is 0 Å². The first-order valence-corrected chi connectivity index (χ1v) is 7.71. The van der Waals surface area contributed by atoms with Crippen LogP contribution >= 0.6 is 0 Å². The van der Waals surface area contributed by atoms with Gasteiger partial charge in [0.1, 0.15) is 0 Å². The van der Waals surface area contributed by atoms with Gasteiger partial charge in [-0.2, -0.15) is 0 Å². The number of aryl methyl sites for hydroxylation is 1. The SMILES string of the molecule is CCc1ccc(-c2ccc(-c3ccccc3)c(F)c2F)cc1.CF. The molecule has 3 aromatic carbocycles. The number of hydrogen-bond donors (Lipinski definition) is 0. The summed E-state index contributed by atoms with van der Waals surface area (Å²) >= 11 is 0. The second-order valence-corrected chi connectivity index (χ2v) is 5.21. The summed E-state index contributed by atoms with van der Waals surface area (Å²) < 4.78 is 38.3. The molecule has 0 nitrogen and oxygen atoms in total. The van der Waals surface area contributed by atoms with Gasteiger partial charge in [-0.25, -0.2) is 8.78 Å². The van der Waals surface area contributed by atoms with E-state index in [0.717, 1.165) is 6.42 Å². The van der Waals surface area contributed by atoms with Crippen LogP contribution in [0.2, 0.25) is 0 Å². The molecule has 0 spiro atoms. The molecule has 3 aromatic rings. The van der Waals surface area contributed by atoms with E-state index in [9.17, 15) is 13.2 Å². The molecular formula is C21H19F3. The first kappa shape index (κ1) is 17.8. The molecule has 0 atom stereocenters. The van der Waals surface area contributed by atoms with Crippen LogP contribution in [-0.2, 0) is 6.42 Å². The third-order valence-corrected chi connectivity index (χ3v) is 3.84. The third-order valence-electron chi connectivity index (χ3n) is 3.84. The zero-order chi connectivity index (χ0) is 17.5. The molecule has 0 saturated carbocycles. The minimum absolute atomic E-state index is 0.284. The third kappa shape index (κ3) is 3.67. The molecule has 0 bridgehead atoms. The minimum atomic E-state index is -0.803. The van der Waals surface area contributed by atoms with Crippen LogP contribution in [0.1, 0.15) is 12.5 Å². The van der Waals surface area contributed by atoms with Crippen molar-refractivity contribution in [2.45, 2.75) is 13.3 Å². The summed E-state index contributed by atoms with van der Waals surface area (Å²) in [5.74, 6) is -1.60. The van der Waals surface area contributed by atoms with Gasteiger partial charge < -0.3 is 0 Å². The summed E-state index contributed by atoms with van der Waals surface area (Å²) in [6, 6.07) is 19.8. The first-order valence-electron chi connectivity index (χ1n) is 7.71. The van der Waals surface area contributed by atoms with Crippen molar-refractivity contribution in [1.29, 1.82) is 0 Å². The predicted octanol–water partition coefficient (Wildman–Crippen LogP) is 6.45. The van der Waals surface area contributed by atoms with Crippen molar-refractivity contribution in [2.75, 3.05) is 7.18 Å². The number of benzene rings is 3. The Balaban J connectivity index is 0.00000100. The highest BCUT2D eigenvalue weighted by atomic mass is 19.2. The molecule has 3 heteroatoms. The topological polar surface area (TPSA) is 0 Å². The Morgan fingerprint density at radius 3 is 1.54 bits per heavy atom. The summed E-state index contributed by atoms with van der Waals surface area (Å²) in [6.07, 6.45) is 0.921. The molecule has 0 amide bonds. The fraction of sp³-hybridized carbons (Fsp3) is 0.143. The Hall–Kier alpha value is -2.55. The van der Waals surface area contributed by atoms with Crippen LogP contribution < -0.4 is 0 Å². The molecule has 0 aliphatic rings. The normalized spacial score (nSPS) is 10.0. The van der Waals surface area contributed by atoms with Crippen LogP contribution in [-0.4, -0.2) is 7.18 Å². The van der Waals surface area contributed by atoms with Gasteiger partial charge in [-0.05, 0) is 23.1 Å². The zero-order valence-corrected chi connectivity index (χ0v) is 13.7. The fourth-order valence-corrected chi connectivity index (χ4v) is 2.53. The lowest BCUT2D eigenvalue weighted by atomic mass is 9.98. The molecule has 24 heavy (non-hydrogen) atoms. The van der Waals surface area contributed by atoms with E-state index in [-0.39, 0.29) is 5.56 Å². The van der Waals surface area contributed by atoms with E-state index in [0.29, 0.717) is 23.9 Å². The second kappa shape index (κ2) is 8.34. The predicted molar refractivity (Wildman–Crippen MR) is 93.6 cm³/mol. The molecule has 0 radical (unpaired) electrons. The number of halogens is 3. The van der Waals surface area contributed by atoms with Crippen LogP contribution in [0, 0.1) is 11.6 Å². The van der Waals surface area contributed by atoms with Crippen molar-refractivity contribution in [3.05, 3.63) is 83.9 Å². The van der Waals surface area contributed by atoms with E-state index in [1.54, 1.807) is 24.3 Å². The Morgan fingerprint density at radius 2 is 1.08 bits per heavy atom. The Morgan fingerprint density at radius 1 is 0.625 bits per heavy atom. The average molecular weight is 328 g/mol. The van der Waals surface area contributed by atoms with Gasteiger partial charge in [-0.1, -0.05) is 73.7 Å². The minimum Gasteiger partial charge on any atom is -0.255 e. The maximum atomic E-state index is 14.4. The standard InChI is InChI=1S/C20H16F2.CH3F/c1-2-14-8-10-16(11-9-14)18-13-12-17(19(21)20(18)22)15-6-4-3-5-7-15;1-2/h3-13H,2H2,1H3;1H3. The van der Waals surface area contributed by atoms with E-state index in [4.69, 9.17) is 0 Å². The lowest BCUT2D eigenvalue weighted by Gasteiger charge is -2.09. The van der Waals surface area contributed by atoms with Crippen LogP contribution in [0.5, 0.6) is 0 Å². The van der Waals surface area contributed by atoms with E-state index in [1.807, 2.05) is 42.5 Å². The molecule has 0 heterocycles. The van der Waals surface area contributed by atoms with E-state index in [1.165, 1.54) is 5.56 Å². The summed E-state index contributed by atoms with van der Waals surface area (Å²) in [6.45, 7) is 2.06. The molecule has 0 aromatic heterocycles. The first-order chi connectivity index (χ1) is 11.7. The Labute approximate surface area is 140 Å². The average Bonchev–Trinajstić information content (AvgIpc) is 2.66. The smallest absolute Gasteiger partial charge is 0.167 e. The van der Waals surface area contributed by atoms with Gasteiger partial charge in [-0.3, -0.25) is 4.39 Å². The van der Waals surface area contributed by atoms with Crippen molar-refractivity contribution in [1.82, 2.24) is 0 Å². The second-order valence-electron chi connectivity index (χ2n) is 5.21. The highest BCUT2D eigenvalue weighted by Crippen LogP contribution is 2.31. The lowest BCUT2D eigenvalue weighted by Crippen LogP contribution is -1.94. The Kier molecular flexibility index (Phi) is 6.19. The van der Waals surface area contributed by atoms with Crippen molar-refractivity contribution in [3.8, 4) is 22.3 Å².